The zero-order chi connectivity index (χ0) is 19.3. The van der Waals surface area contributed by atoms with E-state index in [2.05, 4.69) is 5.32 Å². The summed E-state index contributed by atoms with van der Waals surface area (Å²) in [5.74, 6) is 0.935. The fourth-order valence-electron chi connectivity index (χ4n) is 2.32. The van der Waals surface area contributed by atoms with E-state index < -0.39 is 0 Å². The second kappa shape index (κ2) is 9.01. The van der Waals surface area contributed by atoms with Crippen LogP contribution in [0.2, 0.25) is 10.0 Å². The van der Waals surface area contributed by atoms with E-state index in [-0.39, 0.29) is 5.91 Å². The molecule has 0 aromatic heterocycles. The van der Waals surface area contributed by atoms with E-state index in [1.807, 2.05) is 13.8 Å². The Morgan fingerprint density at radius 2 is 1.73 bits per heavy atom. The van der Waals surface area contributed by atoms with Crippen molar-refractivity contribution in [1.82, 2.24) is 0 Å². The fourth-order valence-corrected chi connectivity index (χ4v) is 2.74. The summed E-state index contributed by atoms with van der Waals surface area (Å²) in [6.45, 7) is 4.34. The van der Waals surface area contributed by atoms with Gasteiger partial charge in [-0.15, -0.1) is 0 Å². The largest absolute Gasteiger partial charge is 0.495 e. The molecule has 140 valence electrons. The number of hydrogen-bond donors (Lipinski definition) is 1. The minimum atomic E-state index is -0.354. The van der Waals surface area contributed by atoms with Gasteiger partial charge in [0.1, 0.15) is 5.75 Å². The zero-order valence-corrected chi connectivity index (χ0v) is 16.6. The van der Waals surface area contributed by atoms with Gasteiger partial charge in [-0.05, 0) is 37.1 Å². The first-order valence-corrected chi connectivity index (χ1v) is 8.82. The lowest BCUT2D eigenvalue weighted by molar-refractivity contribution is 0.102. The molecule has 7 heteroatoms. The molecule has 0 aliphatic carbocycles. The first-order valence-electron chi connectivity index (χ1n) is 8.07. The molecule has 0 aliphatic heterocycles. The molecule has 0 bridgehead atoms. The standard InChI is InChI=1S/C19H21Cl2NO4/c1-5-6-26-18-14(21)8-12(9-17(18)25-4)19(23)22-15-7-11(2)13(20)10-16(15)24-3/h7-10H,5-6H2,1-4H3,(H,22,23). The monoisotopic (exact) mass is 397 g/mol. The zero-order valence-electron chi connectivity index (χ0n) is 15.1. The van der Waals surface area contributed by atoms with E-state index in [4.69, 9.17) is 37.4 Å². The number of ether oxygens (including phenoxy) is 3. The number of hydrogen-bond acceptors (Lipinski definition) is 4. The molecule has 1 N–H and O–H groups in total. The number of amides is 1. The van der Waals surface area contributed by atoms with Crippen LogP contribution in [0, 0.1) is 6.92 Å². The highest BCUT2D eigenvalue weighted by atomic mass is 35.5. The first kappa shape index (κ1) is 20.2. The van der Waals surface area contributed by atoms with Gasteiger partial charge in [0.15, 0.2) is 11.5 Å². The number of rotatable bonds is 7. The van der Waals surface area contributed by atoms with Gasteiger partial charge in [0.05, 0.1) is 31.5 Å². The topological polar surface area (TPSA) is 56.8 Å². The number of carbonyl (C=O) groups is 1. The van der Waals surface area contributed by atoms with Crippen LogP contribution in [0.5, 0.6) is 17.2 Å². The Morgan fingerprint density at radius 1 is 1.04 bits per heavy atom. The lowest BCUT2D eigenvalue weighted by atomic mass is 10.1. The van der Waals surface area contributed by atoms with Crippen molar-refractivity contribution in [2.24, 2.45) is 0 Å². The van der Waals surface area contributed by atoms with Gasteiger partial charge in [0.2, 0.25) is 0 Å². The van der Waals surface area contributed by atoms with E-state index in [1.54, 1.807) is 24.3 Å². The molecule has 2 aromatic carbocycles. The van der Waals surface area contributed by atoms with Gasteiger partial charge in [-0.2, -0.15) is 0 Å². The van der Waals surface area contributed by atoms with Crippen molar-refractivity contribution in [3.05, 3.63) is 45.4 Å². The third-order valence-electron chi connectivity index (χ3n) is 3.67. The quantitative estimate of drug-likeness (QED) is 0.682. The number of halogens is 2. The van der Waals surface area contributed by atoms with Crippen molar-refractivity contribution in [3.63, 3.8) is 0 Å². The van der Waals surface area contributed by atoms with Crippen molar-refractivity contribution < 1.29 is 19.0 Å². The Bertz CT molecular complexity index is 809. The summed E-state index contributed by atoms with van der Waals surface area (Å²) in [5, 5.41) is 3.67. The van der Waals surface area contributed by atoms with Crippen LogP contribution in [0.3, 0.4) is 0 Å². The maximum absolute atomic E-state index is 12.7. The third-order valence-corrected chi connectivity index (χ3v) is 4.36. The van der Waals surface area contributed by atoms with Crippen LogP contribution in [0.1, 0.15) is 29.3 Å². The highest BCUT2D eigenvalue weighted by Crippen LogP contribution is 2.37. The van der Waals surface area contributed by atoms with Crippen LogP contribution < -0.4 is 19.5 Å². The van der Waals surface area contributed by atoms with E-state index in [0.717, 1.165) is 12.0 Å². The minimum absolute atomic E-state index is 0.308. The van der Waals surface area contributed by atoms with Crippen LogP contribution >= 0.6 is 23.2 Å². The average Bonchev–Trinajstić information content (AvgIpc) is 2.62. The summed E-state index contributed by atoms with van der Waals surface area (Å²) >= 11 is 12.4. The van der Waals surface area contributed by atoms with E-state index in [0.29, 0.717) is 45.2 Å². The van der Waals surface area contributed by atoms with Gasteiger partial charge >= 0.3 is 0 Å². The molecule has 0 heterocycles. The maximum atomic E-state index is 12.7. The molecule has 0 aliphatic rings. The van der Waals surface area contributed by atoms with Crippen molar-refractivity contribution in [2.75, 3.05) is 26.1 Å². The smallest absolute Gasteiger partial charge is 0.255 e. The Hall–Kier alpha value is -2.11. The predicted octanol–water partition coefficient (Wildman–Crippen LogP) is 5.36. The molecule has 5 nitrogen and oxygen atoms in total. The summed E-state index contributed by atoms with van der Waals surface area (Å²) in [6, 6.07) is 6.53. The van der Waals surface area contributed by atoms with Crippen molar-refractivity contribution in [1.29, 1.82) is 0 Å². The van der Waals surface area contributed by atoms with E-state index in [9.17, 15) is 4.79 Å². The van der Waals surface area contributed by atoms with Crippen LogP contribution in [0.25, 0.3) is 0 Å². The van der Waals surface area contributed by atoms with Crippen LogP contribution in [-0.2, 0) is 0 Å². The molecule has 0 saturated carbocycles. The molecular weight excluding hydrogens is 377 g/mol. The molecule has 0 radical (unpaired) electrons. The molecule has 0 spiro atoms. The highest BCUT2D eigenvalue weighted by Gasteiger charge is 2.17. The number of benzene rings is 2. The third kappa shape index (κ3) is 4.54. The van der Waals surface area contributed by atoms with Gasteiger partial charge < -0.3 is 19.5 Å². The lowest BCUT2D eigenvalue weighted by Gasteiger charge is -2.15. The van der Waals surface area contributed by atoms with Gasteiger partial charge in [0, 0.05) is 16.7 Å². The molecule has 2 aromatic rings. The Morgan fingerprint density at radius 3 is 2.35 bits per heavy atom. The molecule has 0 fully saturated rings. The molecule has 0 saturated heterocycles. The molecule has 26 heavy (non-hydrogen) atoms. The predicted molar refractivity (Wildman–Crippen MR) is 104 cm³/mol. The summed E-state index contributed by atoms with van der Waals surface area (Å²) < 4.78 is 16.2. The van der Waals surface area contributed by atoms with Gasteiger partial charge in [-0.3, -0.25) is 4.79 Å². The number of aryl methyl sites for hydroxylation is 1. The van der Waals surface area contributed by atoms with Crippen LogP contribution in [0.15, 0.2) is 24.3 Å². The Kier molecular flexibility index (Phi) is 7.00. The SMILES string of the molecule is CCCOc1c(Cl)cc(C(=O)Nc2cc(C)c(Cl)cc2OC)cc1OC. The van der Waals surface area contributed by atoms with Crippen molar-refractivity contribution >= 4 is 34.8 Å². The Balaban J connectivity index is 2.33. The summed E-state index contributed by atoms with van der Waals surface area (Å²) in [7, 11) is 3.01. The first-order chi connectivity index (χ1) is 12.4. The highest BCUT2D eigenvalue weighted by molar-refractivity contribution is 6.33. The normalized spacial score (nSPS) is 10.4. The molecular formula is C19H21Cl2NO4. The second-order valence-electron chi connectivity index (χ2n) is 5.59. The summed E-state index contributed by atoms with van der Waals surface area (Å²) in [6.07, 6.45) is 0.831. The maximum Gasteiger partial charge on any atom is 0.255 e. The summed E-state index contributed by atoms with van der Waals surface area (Å²) in [5.41, 5.74) is 1.67. The molecule has 1 amide bonds. The molecule has 0 atom stereocenters. The van der Waals surface area contributed by atoms with Crippen molar-refractivity contribution in [2.45, 2.75) is 20.3 Å². The van der Waals surface area contributed by atoms with Gasteiger partial charge in [-0.25, -0.2) is 0 Å². The van der Waals surface area contributed by atoms with E-state index >= 15 is 0 Å². The van der Waals surface area contributed by atoms with Gasteiger partial charge in [0.25, 0.3) is 5.91 Å². The van der Waals surface area contributed by atoms with E-state index in [1.165, 1.54) is 14.2 Å². The van der Waals surface area contributed by atoms with Crippen LogP contribution in [-0.4, -0.2) is 26.7 Å². The number of nitrogens with one attached hydrogen (secondary N) is 1. The van der Waals surface area contributed by atoms with Crippen molar-refractivity contribution in [3.8, 4) is 17.2 Å². The van der Waals surface area contributed by atoms with Crippen LogP contribution in [0.4, 0.5) is 5.69 Å². The number of anilines is 1. The molecule has 0 unspecified atom stereocenters. The second-order valence-corrected chi connectivity index (χ2v) is 6.41. The summed E-state index contributed by atoms with van der Waals surface area (Å²) in [4.78, 5) is 12.7. The minimum Gasteiger partial charge on any atom is -0.495 e. The average molecular weight is 398 g/mol. The Labute approximate surface area is 163 Å². The fraction of sp³-hybridized carbons (Fsp3) is 0.316. The number of methoxy groups -OCH3 is 2. The molecule has 2 rings (SSSR count). The van der Waals surface area contributed by atoms with Gasteiger partial charge in [-0.1, -0.05) is 30.1 Å². The number of carbonyl (C=O) groups excluding carboxylic acids is 1. The lowest BCUT2D eigenvalue weighted by Crippen LogP contribution is -2.13.